The summed E-state index contributed by atoms with van der Waals surface area (Å²) in [6.07, 6.45) is 3.09. The van der Waals surface area contributed by atoms with E-state index in [1.54, 1.807) is 0 Å². The fourth-order valence-corrected chi connectivity index (χ4v) is 4.51. The second-order valence-electron chi connectivity index (χ2n) is 8.52. The van der Waals surface area contributed by atoms with Crippen molar-refractivity contribution in [2.24, 2.45) is 7.05 Å². The first kappa shape index (κ1) is 19.8. The minimum atomic E-state index is -0.908. The van der Waals surface area contributed by atoms with E-state index in [9.17, 15) is 5.11 Å². The Morgan fingerprint density at radius 2 is 1.90 bits per heavy atom. The molecule has 1 saturated heterocycles. The number of nitrogens with zero attached hydrogens (tertiary/aromatic N) is 6. The highest BCUT2D eigenvalue weighted by Crippen LogP contribution is 2.34. The Labute approximate surface area is 181 Å². The first-order chi connectivity index (χ1) is 14.9. The van der Waals surface area contributed by atoms with E-state index < -0.39 is 5.60 Å². The maximum Gasteiger partial charge on any atom is 0.143 e. The highest BCUT2D eigenvalue weighted by molar-refractivity contribution is 5.80. The molecule has 0 amide bonds. The number of nitrogens with one attached hydrogen (secondary N) is 1. The van der Waals surface area contributed by atoms with Crippen LogP contribution in [0.1, 0.15) is 35.6 Å². The molecule has 4 heterocycles. The van der Waals surface area contributed by atoms with Crippen molar-refractivity contribution in [3.05, 3.63) is 59.3 Å². The van der Waals surface area contributed by atoms with Crippen molar-refractivity contribution in [1.29, 1.82) is 0 Å². The Bertz CT molecular complexity index is 1210. The molecule has 8 heteroatoms. The molecular weight excluding hydrogens is 390 g/mol. The van der Waals surface area contributed by atoms with Crippen LogP contribution in [0.25, 0.3) is 22.3 Å². The van der Waals surface area contributed by atoms with Crippen LogP contribution in [0.15, 0.2) is 36.5 Å². The average Bonchev–Trinajstić information content (AvgIpc) is 3.37. The second kappa shape index (κ2) is 7.55. The maximum absolute atomic E-state index is 11.3. The third-order valence-corrected chi connectivity index (χ3v) is 6.33. The number of rotatable bonds is 4. The molecule has 0 atom stereocenters. The molecule has 5 rings (SSSR count). The van der Waals surface area contributed by atoms with Crippen molar-refractivity contribution in [3.63, 3.8) is 0 Å². The molecule has 1 aromatic carbocycles. The largest absolute Gasteiger partial charge is 0.383 e. The van der Waals surface area contributed by atoms with Crippen molar-refractivity contribution >= 4 is 10.9 Å². The predicted octanol–water partition coefficient (Wildman–Crippen LogP) is 2.85. The molecule has 2 N–H and O–H groups in total. The normalized spacial score (nSPS) is 16.8. The van der Waals surface area contributed by atoms with E-state index in [0.717, 1.165) is 58.2 Å². The van der Waals surface area contributed by atoms with Gasteiger partial charge in [0.2, 0.25) is 0 Å². The number of piperidine rings is 1. The lowest BCUT2D eigenvalue weighted by Gasteiger charge is -2.37. The Morgan fingerprint density at radius 3 is 2.65 bits per heavy atom. The van der Waals surface area contributed by atoms with Gasteiger partial charge in [0.1, 0.15) is 17.1 Å². The zero-order valence-corrected chi connectivity index (χ0v) is 18.1. The standard InChI is InChI=1S/C23H27N7O/c1-15-13-24-29(3)22(15)19-12-20(28-27-19)23(31)8-10-30(11-9-23)14-21-25-16(2)17-6-4-5-7-18(17)26-21/h4-7,12-13,31H,8-11,14H2,1-3H3,(H,27,28). The van der Waals surface area contributed by atoms with Gasteiger partial charge >= 0.3 is 0 Å². The molecule has 0 radical (unpaired) electrons. The number of hydrogen-bond donors (Lipinski definition) is 2. The first-order valence-electron chi connectivity index (χ1n) is 10.6. The van der Waals surface area contributed by atoms with Gasteiger partial charge in [-0.1, -0.05) is 18.2 Å². The van der Waals surface area contributed by atoms with E-state index in [1.807, 2.05) is 56.0 Å². The molecule has 0 bridgehead atoms. The zero-order chi connectivity index (χ0) is 21.6. The fraction of sp³-hybridized carbons (Fsp3) is 0.391. The summed E-state index contributed by atoms with van der Waals surface area (Å²) >= 11 is 0. The van der Waals surface area contributed by atoms with Crippen molar-refractivity contribution in [2.75, 3.05) is 13.1 Å². The average molecular weight is 418 g/mol. The molecule has 0 unspecified atom stereocenters. The highest BCUT2D eigenvalue weighted by atomic mass is 16.3. The number of fused-ring (bicyclic) bond motifs is 1. The lowest BCUT2D eigenvalue weighted by atomic mass is 9.88. The van der Waals surface area contributed by atoms with Gasteiger partial charge < -0.3 is 5.11 Å². The number of aromatic amines is 1. The number of hydrogen-bond acceptors (Lipinski definition) is 6. The SMILES string of the molecule is Cc1cnn(C)c1-c1cc(C2(O)CCN(Cc3nc(C)c4ccccc4n3)CC2)[nH]n1. The van der Waals surface area contributed by atoms with E-state index in [-0.39, 0.29) is 0 Å². The summed E-state index contributed by atoms with van der Waals surface area (Å²) in [7, 11) is 1.90. The van der Waals surface area contributed by atoms with Gasteiger partial charge in [-0.05, 0) is 44.4 Å². The molecule has 4 aromatic rings. The van der Waals surface area contributed by atoms with Gasteiger partial charge in [-0.25, -0.2) is 9.97 Å². The zero-order valence-electron chi connectivity index (χ0n) is 18.1. The van der Waals surface area contributed by atoms with Gasteiger partial charge in [-0.2, -0.15) is 10.2 Å². The van der Waals surface area contributed by atoms with E-state index in [2.05, 4.69) is 26.3 Å². The first-order valence-corrected chi connectivity index (χ1v) is 10.6. The molecule has 3 aromatic heterocycles. The highest BCUT2D eigenvalue weighted by Gasteiger charge is 2.36. The van der Waals surface area contributed by atoms with Crippen molar-refractivity contribution in [2.45, 2.75) is 38.8 Å². The summed E-state index contributed by atoms with van der Waals surface area (Å²) in [4.78, 5) is 11.7. The van der Waals surface area contributed by atoms with Crippen molar-refractivity contribution in [1.82, 2.24) is 34.8 Å². The minimum Gasteiger partial charge on any atom is -0.383 e. The summed E-state index contributed by atoms with van der Waals surface area (Å²) < 4.78 is 1.81. The molecule has 8 nitrogen and oxygen atoms in total. The van der Waals surface area contributed by atoms with Crippen LogP contribution in [0.2, 0.25) is 0 Å². The van der Waals surface area contributed by atoms with Crippen LogP contribution >= 0.6 is 0 Å². The van der Waals surface area contributed by atoms with Crippen LogP contribution in [0.3, 0.4) is 0 Å². The molecule has 1 aliphatic rings. The molecule has 31 heavy (non-hydrogen) atoms. The summed E-state index contributed by atoms with van der Waals surface area (Å²) in [5.41, 5.74) is 4.68. The summed E-state index contributed by atoms with van der Waals surface area (Å²) in [5, 5.41) is 24.2. The number of aryl methyl sites for hydroxylation is 3. The molecule has 0 aliphatic carbocycles. The lowest BCUT2D eigenvalue weighted by molar-refractivity contribution is -0.0315. The molecule has 1 aliphatic heterocycles. The smallest absolute Gasteiger partial charge is 0.143 e. The fourth-order valence-electron chi connectivity index (χ4n) is 4.51. The third kappa shape index (κ3) is 3.62. The molecular formula is C23H27N7O. The van der Waals surface area contributed by atoms with Crippen LogP contribution in [0.5, 0.6) is 0 Å². The van der Waals surface area contributed by atoms with E-state index in [1.165, 1.54) is 0 Å². The van der Waals surface area contributed by atoms with E-state index >= 15 is 0 Å². The third-order valence-electron chi connectivity index (χ3n) is 6.33. The molecule has 0 spiro atoms. The number of H-pyrrole nitrogens is 1. The second-order valence-corrected chi connectivity index (χ2v) is 8.52. The van der Waals surface area contributed by atoms with E-state index in [0.29, 0.717) is 19.4 Å². The summed E-state index contributed by atoms with van der Waals surface area (Å²) in [6, 6.07) is 10.1. The predicted molar refractivity (Wildman–Crippen MR) is 118 cm³/mol. The van der Waals surface area contributed by atoms with Crippen LogP contribution in [-0.2, 0) is 19.2 Å². The van der Waals surface area contributed by atoms with Gasteiger partial charge in [0.25, 0.3) is 0 Å². The molecule has 0 saturated carbocycles. The van der Waals surface area contributed by atoms with Crippen LogP contribution in [-0.4, -0.2) is 53.0 Å². The molecule has 1 fully saturated rings. The van der Waals surface area contributed by atoms with Gasteiger partial charge in [0, 0.05) is 31.2 Å². The monoisotopic (exact) mass is 417 g/mol. The number of likely N-dealkylation sites (tertiary alicyclic amines) is 1. The van der Waals surface area contributed by atoms with Crippen molar-refractivity contribution < 1.29 is 5.11 Å². The summed E-state index contributed by atoms with van der Waals surface area (Å²) in [6.45, 7) is 6.27. The van der Waals surface area contributed by atoms with E-state index in [4.69, 9.17) is 9.97 Å². The number of aromatic nitrogens is 6. The Hall–Kier alpha value is -3.10. The maximum atomic E-state index is 11.3. The van der Waals surface area contributed by atoms with Crippen LogP contribution in [0, 0.1) is 13.8 Å². The molecule has 160 valence electrons. The van der Waals surface area contributed by atoms with Crippen LogP contribution < -0.4 is 0 Å². The number of para-hydroxylation sites is 1. The van der Waals surface area contributed by atoms with Crippen LogP contribution in [0.4, 0.5) is 0 Å². The number of aliphatic hydroxyl groups is 1. The minimum absolute atomic E-state index is 0.631. The lowest BCUT2D eigenvalue weighted by Crippen LogP contribution is -2.42. The summed E-state index contributed by atoms with van der Waals surface area (Å²) in [5.74, 6) is 0.831. The Balaban J connectivity index is 1.29. The van der Waals surface area contributed by atoms with Crippen molar-refractivity contribution in [3.8, 4) is 11.4 Å². The number of benzene rings is 1. The van der Waals surface area contributed by atoms with Gasteiger partial charge in [0.15, 0.2) is 0 Å². The van der Waals surface area contributed by atoms with Gasteiger partial charge in [-0.3, -0.25) is 14.7 Å². The Kier molecular flexibility index (Phi) is 4.83. The van der Waals surface area contributed by atoms with Gasteiger partial charge in [0.05, 0.1) is 29.6 Å². The topological polar surface area (TPSA) is 95.7 Å². The Morgan fingerprint density at radius 1 is 1.13 bits per heavy atom. The van der Waals surface area contributed by atoms with Gasteiger partial charge in [-0.15, -0.1) is 0 Å². The quantitative estimate of drug-likeness (QED) is 0.530.